The van der Waals surface area contributed by atoms with Gasteiger partial charge in [-0.2, -0.15) is 0 Å². The molecule has 0 unspecified atom stereocenters. The molecule has 0 aliphatic heterocycles. The van der Waals surface area contributed by atoms with Crippen LogP contribution in [0.3, 0.4) is 0 Å². The maximum Gasteiger partial charge on any atom is 0.241 e. The highest BCUT2D eigenvalue weighted by Crippen LogP contribution is 2.24. The number of aryl methyl sites for hydroxylation is 2. The Hall–Kier alpha value is -1.69. The Bertz CT molecular complexity index is 543. The van der Waals surface area contributed by atoms with Crippen molar-refractivity contribution in [1.29, 1.82) is 0 Å². The highest BCUT2D eigenvalue weighted by atomic mass is 32.1. The fourth-order valence-corrected chi connectivity index (χ4v) is 2.47. The summed E-state index contributed by atoms with van der Waals surface area (Å²) in [6.45, 7) is 6.96. The molecule has 0 atom stereocenters. The predicted molar refractivity (Wildman–Crippen MR) is 90.8 cm³/mol. The zero-order chi connectivity index (χ0) is 16.2. The lowest BCUT2D eigenvalue weighted by Crippen LogP contribution is -2.38. The Kier molecular flexibility index (Phi) is 6.08. The average molecular weight is 308 g/mol. The van der Waals surface area contributed by atoms with Crippen LogP contribution in [0, 0.1) is 13.8 Å². The van der Waals surface area contributed by atoms with Crippen molar-refractivity contribution in [1.82, 2.24) is 9.88 Å². The van der Waals surface area contributed by atoms with E-state index in [9.17, 15) is 4.79 Å². The van der Waals surface area contributed by atoms with E-state index in [0.717, 1.165) is 35.6 Å². The fourth-order valence-electron chi connectivity index (χ4n) is 2.22. The Balaban J connectivity index is 3.30. The first-order valence-electron chi connectivity index (χ1n) is 7.01. The van der Waals surface area contributed by atoms with Crippen LogP contribution < -0.4 is 10.6 Å². The molecule has 21 heavy (non-hydrogen) atoms. The van der Waals surface area contributed by atoms with Crippen molar-refractivity contribution in [3.05, 3.63) is 23.0 Å². The summed E-state index contributed by atoms with van der Waals surface area (Å²) < 4.78 is 0. The summed E-state index contributed by atoms with van der Waals surface area (Å²) in [6, 6.07) is 1.94. The van der Waals surface area contributed by atoms with Gasteiger partial charge in [-0.05, 0) is 26.3 Å². The molecule has 0 fully saturated rings. The summed E-state index contributed by atoms with van der Waals surface area (Å²) in [7, 11) is 3.51. The quantitative estimate of drug-likeness (QED) is 0.810. The van der Waals surface area contributed by atoms with Gasteiger partial charge in [0.25, 0.3) is 0 Å². The van der Waals surface area contributed by atoms with Gasteiger partial charge in [0.15, 0.2) is 0 Å². The number of hydrogen-bond donors (Lipinski definition) is 1. The van der Waals surface area contributed by atoms with Gasteiger partial charge in [0.05, 0.1) is 17.8 Å². The number of aromatic nitrogens is 1. The predicted octanol–water partition coefficient (Wildman–Crippen LogP) is 1.64. The third-order valence-electron chi connectivity index (χ3n) is 3.21. The molecule has 6 heteroatoms. The number of carbonyl (C=O) groups is 1. The Morgan fingerprint density at radius 2 is 2.00 bits per heavy atom. The molecular formula is C15H24N4OS. The number of nitrogens with zero attached hydrogens (tertiary/aromatic N) is 3. The number of likely N-dealkylation sites (N-methyl/N-ethyl adjacent to an activating group) is 1. The maximum atomic E-state index is 12.1. The van der Waals surface area contributed by atoms with Gasteiger partial charge in [0.1, 0.15) is 4.99 Å². The van der Waals surface area contributed by atoms with Crippen molar-refractivity contribution < 1.29 is 4.79 Å². The van der Waals surface area contributed by atoms with Gasteiger partial charge in [-0.25, -0.2) is 0 Å². The van der Waals surface area contributed by atoms with Crippen molar-refractivity contribution in [2.45, 2.75) is 27.2 Å². The average Bonchev–Trinajstić information content (AvgIpc) is 2.36. The molecule has 116 valence electrons. The van der Waals surface area contributed by atoms with Gasteiger partial charge in [0, 0.05) is 32.0 Å². The van der Waals surface area contributed by atoms with Gasteiger partial charge >= 0.3 is 0 Å². The van der Waals surface area contributed by atoms with Crippen molar-refractivity contribution in [2.24, 2.45) is 5.73 Å². The topological polar surface area (TPSA) is 62.5 Å². The Morgan fingerprint density at radius 1 is 1.38 bits per heavy atom. The normalized spacial score (nSPS) is 10.3. The number of carbonyl (C=O) groups excluding carboxylic acids is 1. The number of amides is 1. The molecule has 0 saturated heterocycles. The SMILES string of the molecule is CCCN(CC(=O)N(C)C)c1cc(C)nc(C)c1C(N)=S. The monoisotopic (exact) mass is 308 g/mol. The lowest BCUT2D eigenvalue weighted by Gasteiger charge is -2.28. The van der Waals surface area contributed by atoms with E-state index < -0.39 is 0 Å². The van der Waals surface area contributed by atoms with Crippen LogP contribution >= 0.6 is 12.2 Å². The molecule has 1 aromatic heterocycles. The molecule has 0 saturated carbocycles. The van der Waals surface area contributed by atoms with Gasteiger partial charge in [-0.3, -0.25) is 9.78 Å². The molecule has 0 aliphatic carbocycles. The van der Waals surface area contributed by atoms with Gasteiger partial charge < -0.3 is 15.5 Å². The third-order valence-corrected chi connectivity index (χ3v) is 3.42. The van der Waals surface area contributed by atoms with Crippen molar-refractivity contribution in [3.63, 3.8) is 0 Å². The van der Waals surface area contributed by atoms with Crippen LogP contribution in [0.1, 0.15) is 30.3 Å². The van der Waals surface area contributed by atoms with Crippen LogP contribution in [-0.4, -0.2) is 48.0 Å². The number of pyridine rings is 1. The number of rotatable bonds is 6. The van der Waals surface area contributed by atoms with E-state index in [2.05, 4.69) is 11.9 Å². The minimum atomic E-state index is 0.0458. The highest BCUT2D eigenvalue weighted by molar-refractivity contribution is 7.80. The van der Waals surface area contributed by atoms with E-state index in [1.807, 2.05) is 24.8 Å². The van der Waals surface area contributed by atoms with Crippen LogP contribution in [0.2, 0.25) is 0 Å². The van der Waals surface area contributed by atoms with Crippen molar-refractivity contribution >= 4 is 28.8 Å². The van der Waals surface area contributed by atoms with E-state index in [4.69, 9.17) is 18.0 Å². The van der Waals surface area contributed by atoms with Crippen molar-refractivity contribution in [2.75, 3.05) is 32.1 Å². The maximum absolute atomic E-state index is 12.1. The second kappa shape index (κ2) is 7.36. The van der Waals surface area contributed by atoms with Crippen LogP contribution in [0.15, 0.2) is 6.07 Å². The second-order valence-electron chi connectivity index (χ2n) is 5.32. The van der Waals surface area contributed by atoms with E-state index in [1.165, 1.54) is 0 Å². The van der Waals surface area contributed by atoms with E-state index in [-0.39, 0.29) is 5.91 Å². The van der Waals surface area contributed by atoms with Crippen LogP contribution in [0.25, 0.3) is 0 Å². The molecule has 0 spiro atoms. The summed E-state index contributed by atoms with van der Waals surface area (Å²) in [6.07, 6.45) is 0.928. The standard InChI is InChI=1S/C15H24N4OS/c1-6-7-19(9-13(20)18(4)5)12-8-10(2)17-11(3)14(12)15(16)21/h8H,6-7,9H2,1-5H3,(H2,16,21). The molecule has 1 rings (SSSR count). The van der Waals surface area contributed by atoms with Gasteiger partial charge in [-0.15, -0.1) is 0 Å². The lowest BCUT2D eigenvalue weighted by molar-refractivity contribution is -0.127. The summed E-state index contributed by atoms with van der Waals surface area (Å²) in [4.78, 5) is 20.4. The van der Waals surface area contributed by atoms with Crippen LogP contribution in [0.4, 0.5) is 5.69 Å². The molecule has 1 heterocycles. The highest BCUT2D eigenvalue weighted by Gasteiger charge is 2.19. The Labute approximate surface area is 132 Å². The second-order valence-corrected chi connectivity index (χ2v) is 5.76. The first-order chi connectivity index (χ1) is 9.77. The van der Waals surface area contributed by atoms with Crippen LogP contribution in [-0.2, 0) is 4.79 Å². The molecule has 5 nitrogen and oxygen atoms in total. The fraction of sp³-hybridized carbons (Fsp3) is 0.533. The molecule has 0 aliphatic rings. The lowest BCUT2D eigenvalue weighted by atomic mass is 10.1. The first-order valence-corrected chi connectivity index (χ1v) is 7.41. The minimum Gasteiger partial charge on any atom is -0.389 e. The summed E-state index contributed by atoms with van der Waals surface area (Å²) >= 11 is 5.16. The summed E-state index contributed by atoms with van der Waals surface area (Å²) in [5.74, 6) is 0.0458. The summed E-state index contributed by atoms with van der Waals surface area (Å²) in [5, 5.41) is 0. The van der Waals surface area contributed by atoms with Gasteiger partial charge in [-0.1, -0.05) is 19.1 Å². The number of thiocarbonyl (C=S) groups is 1. The van der Waals surface area contributed by atoms with Gasteiger partial charge in [0.2, 0.25) is 5.91 Å². The molecule has 1 amide bonds. The number of nitrogens with two attached hydrogens (primary N) is 1. The Morgan fingerprint density at radius 3 is 2.48 bits per heavy atom. The number of hydrogen-bond acceptors (Lipinski definition) is 4. The molecule has 0 aromatic carbocycles. The molecular weight excluding hydrogens is 284 g/mol. The van der Waals surface area contributed by atoms with E-state index >= 15 is 0 Å². The largest absolute Gasteiger partial charge is 0.389 e. The van der Waals surface area contributed by atoms with Crippen molar-refractivity contribution in [3.8, 4) is 0 Å². The summed E-state index contributed by atoms with van der Waals surface area (Å²) in [5.41, 5.74) is 9.20. The van der Waals surface area contributed by atoms with Crippen LogP contribution in [0.5, 0.6) is 0 Å². The zero-order valence-corrected chi connectivity index (χ0v) is 14.3. The smallest absolute Gasteiger partial charge is 0.241 e. The molecule has 1 aromatic rings. The zero-order valence-electron chi connectivity index (χ0n) is 13.4. The molecule has 2 N–H and O–H groups in total. The first kappa shape index (κ1) is 17.4. The van der Waals surface area contributed by atoms with E-state index in [1.54, 1.807) is 19.0 Å². The number of anilines is 1. The molecule has 0 radical (unpaired) electrons. The third kappa shape index (κ3) is 4.39. The minimum absolute atomic E-state index is 0.0458. The molecule has 0 bridgehead atoms. The van der Waals surface area contributed by atoms with E-state index in [0.29, 0.717) is 11.5 Å².